The summed E-state index contributed by atoms with van der Waals surface area (Å²) >= 11 is 0. The highest BCUT2D eigenvalue weighted by atomic mass is 15.2. The Morgan fingerprint density at radius 2 is 1.90 bits per heavy atom. The van der Waals surface area contributed by atoms with Gasteiger partial charge in [-0.15, -0.1) is 0 Å². The van der Waals surface area contributed by atoms with Gasteiger partial charge in [0.05, 0.1) is 0 Å². The Kier molecular flexibility index (Phi) is 4.63. The molecule has 0 aliphatic heterocycles. The highest BCUT2D eigenvalue weighted by Gasteiger charge is 2.35. The minimum Gasteiger partial charge on any atom is -0.368 e. The third-order valence-electron chi connectivity index (χ3n) is 4.47. The number of nitrogens with zero attached hydrogens (tertiary/aromatic N) is 3. The number of aromatic nitrogens is 2. The van der Waals surface area contributed by atoms with Gasteiger partial charge in [-0.25, -0.2) is 9.97 Å². The van der Waals surface area contributed by atoms with Crippen molar-refractivity contribution in [2.75, 3.05) is 26.0 Å². The molecular formula is C16H28N4. The largest absolute Gasteiger partial charge is 0.368 e. The second-order valence-electron chi connectivity index (χ2n) is 6.59. The summed E-state index contributed by atoms with van der Waals surface area (Å²) in [5.41, 5.74) is 1.33. The van der Waals surface area contributed by atoms with Gasteiger partial charge in [-0.3, -0.25) is 0 Å². The average molecular weight is 276 g/mol. The fourth-order valence-corrected chi connectivity index (χ4v) is 3.01. The minimum absolute atomic E-state index is 0.289. The molecule has 0 saturated heterocycles. The molecule has 112 valence electrons. The molecule has 1 aliphatic carbocycles. The highest BCUT2D eigenvalue weighted by Crippen LogP contribution is 2.33. The van der Waals surface area contributed by atoms with Crippen molar-refractivity contribution >= 4 is 5.82 Å². The topological polar surface area (TPSA) is 41.0 Å². The summed E-state index contributed by atoms with van der Waals surface area (Å²) in [4.78, 5) is 11.5. The summed E-state index contributed by atoms with van der Waals surface area (Å²) in [6.45, 7) is 7.28. The van der Waals surface area contributed by atoms with Crippen molar-refractivity contribution in [1.29, 1.82) is 0 Å². The average Bonchev–Trinajstić information content (AvgIpc) is 2.86. The molecule has 1 saturated carbocycles. The highest BCUT2D eigenvalue weighted by molar-refractivity contribution is 5.37. The molecule has 0 unspecified atom stereocenters. The molecule has 0 amide bonds. The lowest BCUT2D eigenvalue weighted by Crippen LogP contribution is -2.47. The zero-order chi connectivity index (χ0) is 14.8. The molecular weight excluding hydrogens is 248 g/mol. The minimum atomic E-state index is 0.289. The summed E-state index contributed by atoms with van der Waals surface area (Å²) in [6.07, 6.45) is 5.21. The molecule has 1 aromatic heterocycles. The molecule has 2 rings (SSSR count). The van der Waals surface area contributed by atoms with Gasteiger partial charge in [0.15, 0.2) is 0 Å². The molecule has 4 nitrogen and oxygen atoms in total. The molecule has 0 atom stereocenters. The first-order chi connectivity index (χ1) is 9.43. The van der Waals surface area contributed by atoms with E-state index in [4.69, 9.17) is 0 Å². The molecule has 1 heterocycles. The number of likely N-dealkylation sites (N-methyl/N-ethyl adjacent to an activating group) is 1. The molecule has 1 fully saturated rings. The summed E-state index contributed by atoms with van der Waals surface area (Å²) in [7, 11) is 4.38. The van der Waals surface area contributed by atoms with Gasteiger partial charge in [0.1, 0.15) is 11.6 Å². The van der Waals surface area contributed by atoms with E-state index in [0.29, 0.717) is 5.92 Å². The maximum absolute atomic E-state index is 4.64. The molecule has 1 aromatic rings. The monoisotopic (exact) mass is 276 g/mol. The van der Waals surface area contributed by atoms with Gasteiger partial charge in [-0.05, 0) is 33.9 Å². The molecule has 0 spiro atoms. The fraction of sp³-hybridized carbons (Fsp3) is 0.750. The first-order valence-electron chi connectivity index (χ1n) is 7.70. The Morgan fingerprint density at radius 3 is 2.45 bits per heavy atom. The summed E-state index contributed by atoms with van der Waals surface area (Å²) < 4.78 is 0. The van der Waals surface area contributed by atoms with Crippen LogP contribution < -0.4 is 5.32 Å². The van der Waals surface area contributed by atoms with E-state index in [2.05, 4.69) is 48.1 Å². The first kappa shape index (κ1) is 15.2. The van der Waals surface area contributed by atoms with Gasteiger partial charge in [0, 0.05) is 29.8 Å². The number of anilines is 1. The Morgan fingerprint density at radius 1 is 1.25 bits per heavy atom. The smallest absolute Gasteiger partial charge is 0.133 e. The lowest BCUT2D eigenvalue weighted by Gasteiger charge is -2.36. The van der Waals surface area contributed by atoms with Gasteiger partial charge in [0.2, 0.25) is 0 Å². The Labute approximate surface area is 123 Å². The Bertz CT molecular complexity index is 448. The van der Waals surface area contributed by atoms with E-state index in [1.807, 2.05) is 13.0 Å². The lowest BCUT2D eigenvalue weighted by molar-refractivity contribution is 0.172. The van der Waals surface area contributed by atoms with Crippen LogP contribution in [0.2, 0.25) is 0 Å². The molecule has 0 radical (unpaired) electrons. The number of hydrogen-bond acceptors (Lipinski definition) is 4. The van der Waals surface area contributed by atoms with Crippen LogP contribution in [0.1, 0.15) is 57.0 Å². The zero-order valence-corrected chi connectivity index (χ0v) is 13.5. The van der Waals surface area contributed by atoms with E-state index in [-0.39, 0.29) is 5.54 Å². The number of nitrogens with one attached hydrogen (secondary N) is 1. The van der Waals surface area contributed by atoms with Crippen LogP contribution in [0.25, 0.3) is 0 Å². The second kappa shape index (κ2) is 6.08. The van der Waals surface area contributed by atoms with Gasteiger partial charge in [-0.1, -0.05) is 26.7 Å². The van der Waals surface area contributed by atoms with Crippen molar-refractivity contribution in [3.05, 3.63) is 17.6 Å². The van der Waals surface area contributed by atoms with Gasteiger partial charge in [0.25, 0.3) is 0 Å². The van der Waals surface area contributed by atoms with Crippen LogP contribution in [0.15, 0.2) is 6.07 Å². The Balaban J connectivity index is 2.10. The summed E-state index contributed by atoms with van der Waals surface area (Å²) in [5, 5.41) is 3.55. The lowest BCUT2D eigenvalue weighted by atomic mass is 9.96. The molecule has 4 heteroatoms. The third-order valence-corrected chi connectivity index (χ3v) is 4.47. The second-order valence-corrected chi connectivity index (χ2v) is 6.59. The molecule has 0 aromatic carbocycles. The van der Waals surface area contributed by atoms with Crippen molar-refractivity contribution < 1.29 is 0 Å². The van der Waals surface area contributed by atoms with Crippen LogP contribution in [-0.4, -0.2) is 41.0 Å². The molecule has 1 N–H and O–H groups in total. The molecule has 1 aliphatic rings. The normalized spacial score (nSPS) is 17.9. The predicted molar refractivity (Wildman–Crippen MR) is 84.2 cm³/mol. The number of aryl methyl sites for hydroxylation is 1. The fourth-order valence-electron chi connectivity index (χ4n) is 3.01. The van der Waals surface area contributed by atoms with Crippen molar-refractivity contribution in [1.82, 2.24) is 14.9 Å². The zero-order valence-electron chi connectivity index (χ0n) is 13.5. The van der Waals surface area contributed by atoms with Crippen molar-refractivity contribution in [3.63, 3.8) is 0 Å². The quantitative estimate of drug-likeness (QED) is 0.896. The standard InChI is InChI=1S/C16H28N4/c1-12(2)15-18-13(3)10-14(19-15)17-11-16(20(4)5)8-6-7-9-16/h10,12H,6-9,11H2,1-5H3,(H,17,18,19). The van der Waals surface area contributed by atoms with E-state index in [0.717, 1.165) is 23.9 Å². The van der Waals surface area contributed by atoms with Gasteiger partial charge < -0.3 is 10.2 Å². The molecule has 20 heavy (non-hydrogen) atoms. The van der Waals surface area contributed by atoms with E-state index in [9.17, 15) is 0 Å². The number of rotatable bonds is 5. The maximum Gasteiger partial charge on any atom is 0.133 e. The van der Waals surface area contributed by atoms with Crippen LogP contribution in [0.3, 0.4) is 0 Å². The SMILES string of the molecule is Cc1cc(NCC2(N(C)C)CCCC2)nc(C(C)C)n1. The van der Waals surface area contributed by atoms with E-state index < -0.39 is 0 Å². The van der Waals surface area contributed by atoms with Crippen LogP contribution in [-0.2, 0) is 0 Å². The van der Waals surface area contributed by atoms with E-state index in [1.54, 1.807) is 0 Å². The van der Waals surface area contributed by atoms with Crippen molar-refractivity contribution in [2.45, 2.75) is 57.9 Å². The number of hydrogen-bond donors (Lipinski definition) is 1. The third kappa shape index (κ3) is 3.29. The maximum atomic E-state index is 4.64. The van der Waals surface area contributed by atoms with Crippen LogP contribution >= 0.6 is 0 Å². The van der Waals surface area contributed by atoms with Crippen LogP contribution in [0.4, 0.5) is 5.82 Å². The van der Waals surface area contributed by atoms with Gasteiger partial charge in [-0.2, -0.15) is 0 Å². The van der Waals surface area contributed by atoms with Gasteiger partial charge >= 0.3 is 0 Å². The Hall–Kier alpha value is -1.16. The summed E-state index contributed by atoms with van der Waals surface area (Å²) in [6, 6.07) is 2.05. The van der Waals surface area contributed by atoms with Crippen LogP contribution in [0.5, 0.6) is 0 Å². The van der Waals surface area contributed by atoms with Crippen molar-refractivity contribution in [2.24, 2.45) is 0 Å². The van der Waals surface area contributed by atoms with Crippen molar-refractivity contribution in [3.8, 4) is 0 Å². The summed E-state index contributed by atoms with van der Waals surface area (Å²) in [5.74, 6) is 2.26. The molecule has 0 bridgehead atoms. The van der Waals surface area contributed by atoms with E-state index >= 15 is 0 Å². The predicted octanol–water partition coefficient (Wildman–Crippen LogP) is 3.19. The van der Waals surface area contributed by atoms with E-state index in [1.165, 1.54) is 25.7 Å². The first-order valence-corrected chi connectivity index (χ1v) is 7.70. The van der Waals surface area contributed by atoms with Crippen LogP contribution in [0, 0.1) is 6.92 Å².